The molecule has 0 bridgehead atoms. The maximum absolute atomic E-state index is 5.44. The largest absolute Gasteiger partial charge is 0.368 e. The summed E-state index contributed by atoms with van der Waals surface area (Å²) in [6.45, 7) is 5.19. The van der Waals surface area contributed by atoms with Crippen molar-refractivity contribution in [2.24, 2.45) is 5.92 Å². The van der Waals surface area contributed by atoms with E-state index in [0.29, 0.717) is 17.5 Å². The fourth-order valence-electron chi connectivity index (χ4n) is 1.38. The molecule has 2 rings (SSSR count). The molecule has 0 fully saturated rings. The van der Waals surface area contributed by atoms with Crippen molar-refractivity contribution in [2.45, 2.75) is 20.4 Å². The van der Waals surface area contributed by atoms with Gasteiger partial charge < -0.3 is 10.3 Å². The van der Waals surface area contributed by atoms with Crippen LogP contribution in [0.3, 0.4) is 0 Å². The molecule has 0 unspecified atom stereocenters. The fraction of sp³-hybridized carbons (Fsp3) is 0.400. The van der Waals surface area contributed by atoms with Gasteiger partial charge in [-0.25, -0.2) is 0 Å². The van der Waals surface area contributed by atoms with Crippen LogP contribution in [0.1, 0.15) is 13.8 Å². The third-order valence-electron chi connectivity index (χ3n) is 1.98. The summed E-state index contributed by atoms with van der Waals surface area (Å²) in [5.74, 6) is 0.878. The predicted octanol–water partition coefficient (Wildman–Crippen LogP) is 1.78. The molecule has 0 saturated heterocycles. The Balaban J connectivity index is 2.20. The van der Waals surface area contributed by atoms with E-state index in [1.165, 1.54) is 0 Å². The van der Waals surface area contributed by atoms with Crippen LogP contribution >= 0.6 is 0 Å². The van der Waals surface area contributed by atoms with Gasteiger partial charge in [-0.05, 0) is 12.0 Å². The fourth-order valence-corrected chi connectivity index (χ4v) is 1.38. The number of hydrogen-bond donors (Lipinski definition) is 1. The van der Waals surface area contributed by atoms with E-state index in [2.05, 4.69) is 24.1 Å². The van der Waals surface area contributed by atoms with Crippen molar-refractivity contribution in [3.8, 4) is 11.4 Å². The molecule has 0 spiro atoms. The molecule has 0 atom stereocenters. The van der Waals surface area contributed by atoms with Gasteiger partial charge in [0.25, 0.3) is 0 Å². The van der Waals surface area contributed by atoms with Crippen molar-refractivity contribution in [1.82, 2.24) is 14.9 Å². The minimum Gasteiger partial charge on any atom is -0.368 e. The Hall–Kier alpha value is -1.78. The quantitative estimate of drug-likeness (QED) is 0.830. The van der Waals surface area contributed by atoms with E-state index in [1.807, 2.05) is 16.9 Å². The molecule has 80 valence electrons. The van der Waals surface area contributed by atoms with Crippen LogP contribution < -0.4 is 5.73 Å². The minimum absolute atomic E-state index is 0.309. The molecule has 0 saturated carbocycles. The van der Waals surface area contributed by atoms with Crippen LogP contribution in [0.25, 0.3) is 11.4 Å². The van der Waals surface area contributed by atoms with Gasteiger partial charge in [-0.2, -0.15) is 5.10 Å². The monoisotopic (exact) mass is 206 g/mol. The van der Waals surface area contributed by atoms with Crippen molar-refractivity contribution in [1.29, 1.82) is 0 Å². The normalized spacial score (nSPS) is 11.1. The van der Waals surface area contributed by atoms with Crippen LogP contribution in [0.2, 0.25) is 0 Å². The molecule has 5 heteroatoms. The maximum atomic E-state index is 5.44. The van der Waals surface area contributed by atoms with E-state index in [-0.39, 0.29) is 0 Å². The van der Waals surface area contributed by atoms with Gasteiger partial charge in [0.15, 0.2) is 0 Å². The van der Waals surface area contributed by atoms with Crippen LogP contribution in [-0.4, -0.2) is 14.9 Å². The second-order valence-corrected chi connectivity index (χ2v) is 3.93. The number of aromatic nitrogens is 3. The molecular formula is C10H14N4O. The van der Waals surface area contributed by atoms with Crippen LogP contribution in [-0.2, 0) is 6.54 Å². The van der Waals surface area contributed by atoms with Crippen molar-refractivity contribution in [3.63, 3.8) is 0 Å². The molecule has 15 heavy (non-hydrogen) atoms. The molecule has 2 aromatic rings. The first kappa shape index (κ1) is 9.76. The summed E-state index contributed by atoms with van der Waals surface area (Å²) in [5, 5.41) is 8.18. The third-order valence-corrected chi connectivity index (χ3v) is 1.98. The van der Waals surface area contributed by atoms with E-state index < -0.39 is 0 Å². The number of rotatable bonds is 3. The lowest BCUT2D eigenvalue weighted by Gasteiger charge is -2.03. The second kappa shape index (κ2) is 3.76. The van der Waals surface area contributed by atoms with Gasteiger partial charge in [0.05, 0.1) is 0 Å². The topological polar surface area (TPSA) is 69.9 Å². The molecule has 0 radical (unpaired) electrons. The molecule has 2 heterocycles. The van der Waals surface area contributed by atoms with Crippen LogP contribution in [0, 0.1) is 5.92 Å². The molecular weight excluding hydrogens is 192 g/mol. The van der Waals surface area contributed by atoms with E-state index in [4.69, 9.17) is 10.3 Å². The van der Waals surface area contributed by atoms with Crippen LogP contribution in [0.5, 0.6) is 0 Å². The van der Waals surface area contributed by atoms with Crippen LogP contribution in [0.4, 0.5) is 5.88 Å². The summed E-state index contributed by atoms with van der Waals surface area (Å²) in [6.07, 6.45) is 1.93. The van der Waals surface area contributed by atoms with E-state index >= 15 is 0 Å². The summed E-state index contributed by atoms with van der Waals surface area (Å²) in [4.78, 5) is 0. The SMILES string of the molecule is CC(C)Cn1ccc(-c2cc(N)on2)n1. The van der Waals surface area contributed by atoms with Gasteiger partial charge in [0.2, 0.25) is 5.88 Å². The summed E-state index contributed by atoms with van der Waals surface area (Å²) >= 11 is 0. The Morgan fingerprint density at radius 2 is 2.27 bits per heavy atom. The van der Waals surface area contributed by atoms with Gasteiger partial charge in [0.1, 0.15) is 11.4 Å². The molecule has 0 aliphatic heterocycles. The minimum atomic E-state index is 0.309. The Morgan fingerprint density at radius 1 is 1.47 bits per heavy atom. The molecule has 0 aromatic carbocycles. The zero-order chi connectivity index (χ0) is 10.8. The first-order valence-electron chi connectivity index (χ1n) is 4.91. The van der Waals surface area contributed by atoms with Crippen molar-refractivity contribution in [2.75, 3.05) is 5.73 Å². The number of anilines is 1. The highest BCUT2D eigenvalue weighted by molar-refractivity contribution is 5.55. The van der Waals surface area contributed by atoms with Crippen molar-refractivity contribution in [3.05, 3.63) is 18.3 Å². The van der Waals surface area contributed by atoms with E-state index in [1.54, 1.807) is 6.07 Å². The maximum Gasteiger partial charge on any atom is 0.222 e. The number of hydrogen-bond acceptors (Lipinski definition) is 4. The third kappa shape index (κ3) is 2.18. The standard InChI is InChI=1S/C10H14N4O/c1-7(2)6-14-4-3-8(12-14)9-5-10(11)15-13-9/h3-5,7H,6,11H2,1-2H3. The second-order valence-electron chi connectivity index (χ2n) is 3.93. The zero-order valence-electron chi connectivity index (χ0n) is 8.84. The molecule has 2 N–H and O–H groups in total. The summed E-state index contributed by atoms with van der Waals surface area (Å²) < 4.78 is 6.68. The predicted molar refractivity (Wildman–Crippen MR) is 57.0 cm³/mol. The van der Waals surface area contributed by atoms with Crippen molar-refractivity contribution >= 4 is 5.88 Å². The van der Waals surface area contributed by atoms with Gasteiger partial charge in [-0.1, -0.05) is 19.0 Å². The molecule has 0 aliphatic rings. The lowest BCUT2D eigenvalue weighted by Crippen LogP contribution is -2.04. The zero-order valence-corrected chi connectivity index (χ0v) is 8.84. The Kier molecular flexibility index (Phi) is 2.45. The number of nitrogen functional groups attached to an aromatic ring is 1. The summed E-state index contributed by atoms with van der Waals surface area (Å²) in [6, 6.07) is 3.57. The number of nitrogens with zero attached hydrogens (tertiary/aromatic N) is 3. The Labute approximate surface area is 87.9 Å². The van der Waals surface area contributed by atoms with Crippen LogP contribution in [0.15, 0.2) is 22.9 Å². The van der Waals surface area contributed by atoms with Gasteiger partial charge in [0, 0.05) is 18.8 Å². The van der Waals surface area contributed by atoms with E-state index in [0.717, 1.165) is 12.2 Å². The van der Waals surface area contributed by atoms with E-state index in [9.17, 15) is 0 Å². The summed E-state index contributed by atoms with van der Waals surface area (Å²) in [5.41, 5.74) is 6.90. The van der Waals surface area contributed by atoms with Gasteiger partial charge >= 0.3 is 0 Å². The average molecular weight is 206 g/mol. The van der Waals surface area contributed by atoms with Gasteiger partial charge in [-0.3, -0.25) is 4.68 Å². The number of nitrogens with two attached hydrogens (primary N) is 1. The molecule has 0 aliphatic carbocycles. The molecule has 0 amide bonds. The highest BCUT2D eigenvalue weighted by atomic mass is 16.5. The average Bonchev–Trinajstić information content (AvgIpc) is 2.72. The lowest BCUT2D eigenvalue weighted by molar-refractivity contribution is 0.438. The Bertz CT molecular complexity index is 444. The molecule has 2 aromatic heterocycles. The summed E-state index contributed by atoms with van der Waals surface area (Å²) in [7, 11) is 0. The molecule has 5 nitrogen and oxygen atoms in total. The highest BCUT2D eigenvalue weighted by Crippen LogP contribution is 2.17. The van der Waals surface area contributed by atoms with Crippen molar-refractivity contribution < 1.29 is 4.52 Å². The first-order chi connectivity index (χ1) is 7.15. The highest BCUT2D eigenvalue weighted by Gasteiger charge is 2.07. The first-order valence-corrected chi connectivity index (χ1v) is 4.91. The van der Waals surface area contributed by atoms with Gasteiger partial charge in [-0.15, -0.1) is 0 Å². The lowest BCUT2D eigenvalue weighted by atomic mass is 10.2. The Morgan fingerprint density at radius 3 is 2.87 bits per heavy atom. The smallest absolute Gasteiger partial charge is 0.222 e.